The van der Waals surface area contributed by atoms with Crippen molar-refractivity contribution in [2.24, 2.45) is 5.10 Å². The van der Waals surface area contributed by atoms with Gasteiger partial charge in [0.1, 0.15) is 0 Å². The molecule has 1 amide bonds. The standard InChI is InChI=1S/C17H20N2OS/c1-12-5-10-15(21-12)11-18-19-16(20)13-6-8-14(9-7-13)17(2,3)4/h5-11H,1-4H3,(H,19,20). The van der Waals surface area contributed by atoms with Crippen LogP contribution >= 0.6 is 11.3 Å². The lowest BCUT2D eigenvalue weighted by atomic mass is 9.87. The molecule has 1 aromatic heterocycles. The molecule has 0 atom stereocenters. The number of amides is 1. The molecule has 1 heterocycles. The summed E-state index contributed by atoms with van der Waals surface area (Å²) in [6.45, 7) is 8.48. The number of rotatable bonds is 3. The molecule has 1 N–H and O–H groups in total. The van der Waals surface area contributed by atoms with Crippen molar-refractivity contribution in [1.82, 2.24) is 5.43 Å². The molecule has 21 heavy (non-hydrogen) atoms. The van der Waals surface area contributed by atoms with Crippen molar-refractivity contribution in [2.45, 2.75) is 33.1 Å². The summed E-state index contributed by atoms with van der Waals surface area (Å²) in [4.78, 5) is 14.2. The van der Waals surface area contributed by atoms with Gasteiger partial charge in [0.15, 0.2) is 0 Å². The number of aryl methyl sites for hydroxylation is 1. The van der Waals surface area contributed by atoms with Crippen molar-refractivity contribution < 1.29 is 4.79 Å². The molecule has 0 aliphatic heterocycles. The van der Waals surface area contributed by atoms with Crippen LogP contribution in [0.4, 0.5) is 0 Å². The molecule has 0 aliphatic rings. The Bertz CT molecular complexity index is 648. The van der Waals surface area contributed by atoms with E-state index in [1.807, 2.05) is 43.3 Å². The molecule has 3 nitrogen and oxygen atoms in total. The minimum absolute atomic E-state index is 0.0875. The fourth-order valence-corrected chi connectivity index (χ4v) is 2.61. The second-order valence-electron chi connectivity index (χ2n) is 5.97. The van der Waals surface area contributed by atoms with E-state index in [1.54, 1.807) is 17.6 Å². The van der Waals surface area contributed by atoms with E-state index in [1.165, 1.54) is 10.4 Å². The Hall–Kier alpha value is -1.94. The minimum atomic E-state index is -0.194. The number of carbonyl (C=O) groups is 1. The van der Waals surface area contributed by atoms with Gasteiger partial charge in [-0.25, -0.2) is 5.43 Å². The molecule has 0 fully saturated rings. The Morgan fingerprint density at radius 3 is 2.33 bits per heavy atom. The molecule has 0 unspecified atom stereocenters. The number of nitrogens with one attached hydrogen (secondary N) is 1. The Morgan fingerprint density at radius 1 is 1.14 bits per heavy atom. The molecule has 0 aliphatic carbocycles. The first-order chi connectivity index (χ1) is 9.86. The van der Waals surface area contributed by atoms with Crippen LogP contribution in [0.2, 0.25) is 0 Å². The molecule has 0 saturated carbocycles. The SMILES string of the molecule is Cc1ccc(C=NNC(=O)c2ccc(C(C)(C)C)cc2)s1. The van der Waals surface area contributed by atoms with E-state index < -0.39 is 0 Å². The maximum absolute atomic E-state index is 12.0. The smallest absolute Gasteiger partial charge is 0.267 e. The summed E-state index contributed by atoms with van der Waals surface area (Å²) in [6, 6.07) is 11.6. The average molecular weight is 300 g/mol. The zero-order chi connectivity index (χ0) is 15.5. The van der Waals surface area contributed by atoms with Crippen LogP contribution in [0.25, 0.3) is 0 Å². The Morgan fingerprint density at radius 2 is 1.81 bits per heavy atom. The zero-order valence-electron chi connectivity index (χ0n) is 12.8. The quantitative estimate of drug-likeness (QED) is 0.672. The highest BCUT2D eigenvalue weighted by Crippen LogP contribution is 2.22. The van der Waals surface area contributed by atoms with Crippen LogP contribution in [0.5, 0.6) is 0 Å². The van der Waals surface area contributed by atoms with Gasteiger partial charge in [-0.2, -0.15) is 5.10 Å². The van der Waals surface area contributed by atoms with E-state index in [0.717, 1.165) is 4.88 Å². The molecule has 4 heteroatoms. The monoisotopic (exact) mass is 300 g/mol. The van der Waals surface area contributed by atoms with E-state index >= 15 is 0 Å². The van der Waals surface area contributed by atoms with Crippen LogP contribution in [-0.4, -0.2) is 12.1 Å². The predicted molar refractivity (Wildman–Crippen MR) is 89.3 cm³/mol. The third kappa shape index (κ3) is 4.26. The zero-order valence-corrected chi connectivity index (χ0v) is 13.6. The van der Waals surface area contributed by atoms with Crippen LogP contribution in [0.15, 0.2) is 41.5 Å². The van der Waals surface area contributed by atoms with Crippen molar-refractivity contribution in [3.63, 3.8) is 0 Å². The molecule has 110 valence electrons. The normalized spacial score (nSPS) is 11.8. The van der Waals surface area contributed by atoms with Crippen molar-refractivity contribution >= 4 is 23.5 Å². The highest BCUT2D eigenvalue weighted by atomic mass is 32.1. The number of thiophene rings is 1. The summed E-state index contributed by atoms with van der Waals surface area (Å²) in [7, 11) is 0. The van der Waals surface area contributed by atoms with Crippen LogP contribution in [0.1, 0.15) is 46.4 Å². The Balaban J connectivity index is 1.99. The number of carbonyl (C=O) groups excluding carboxylic acids is 1. The van der Waals surface area contributed by atoms with Gasteiger partial charge in [0.05, 0.1) is 6.21 Å². The largest absolute Gasteiger partial charge is 0.271 e. The van der Waals surface area contributed by atoms with Crippen LogP contribution in [0.3, 0.4) is 0 Å². The second-order valence-corrected chi connectivity index (χ2v) is 7.29. The first-order valence-electron chi connectivity index (χ1n) is 6.86. The van der Waals surface area contributed by atoms with Crippen molar-refractivity contribution in [3.05, 3.63) is 57.3 Å². The molecule has 0 saturated heterocycles. The van der Waals surface area contributed by atoms with E-state index in [9.17, 15) is 4.79 Å². The summed E-state index contributed by atoms with van der Waals surface area (Å²) >= 11 is 1.64. The van der Waals surface area contributed by atoms with Gasteiger partial charge in [-0.15, -0.1) is 11.3 Å². The second kappa shape index (κ2) is 6.22. The number of hydrogen-bond donors (Lipinski definition) is 1. The summed E-state index contributed by atoms with van der Waals surface area (Å²) in [5, 5.41) is 3.99. The Labute approximate surface area is 129 Å². The van der Waals surface area contributed by atoms with Crippen LogP contribution in [0, 0.1) is 6.92 Å². The number of hydrazone groups is 1. The van der Waals surface area contributed by atoms with Gasteiger partial charge in [-0.05, 0) is 42.2 Å². The molecule has 0 spiro atoms. The van der Waals surface area contributed by atoms with Crippen molar-refractivity contribution in [3.8, 4) is 0 Å². The van der Waals surface area contributed by atoms with Crippen molar-refractivity contribution in [1.29, 1.82) is 0 Å². The molecule has 2 aromatic rings. The molecular formula is C17H20N2OS. The average Bonchev–Trinajstić information content (AvgIpc) is 2.83. The fourth-order valence-electron chi connectivity index (χ4n) is 1.86. The summed E-state index contributed by atoms with van der Waals surface area (Å²) in [6.07, 6.45) is 1.67. The van der Waals surface area contributed by atoms with E-state index in [-0.39, 0.29) is 11.3 Å². The first-order valence-corrected chi connectivity index (χ1v) is 7.68. The van der Waals surface area contributed by atoms with Gasteiger partial charge >= 0.3 is 0 Å². The summed E-state index contributed by atoms with van der Waals surface area (Å²) < 4.78 is 0. The van der Waals surface area contributed by atoms with Gasteiger partial charge in [-0.1, -0.05) is 32.9 Å². The molecule has 2 rings (SSSR count). The van der Waals surface area contributed by atoms with E-state index in [0.29, 0.717) is 5.56 Å². The van der Waals surface area contributed by atoms with Crippen molar-refractivity contribution in [2.75, 3.05) is 0 Å². The fraction of sp³-hybridized carbons (Fsp3) is 0.294. The van der Waals surface area contributed by atoms with Gasteiger partial charge < -0.3 is 0 Å². The third-order valence-corrected chi connectivity index (χ3v) is 4.07. The lowest BCUT2D eigenvalue weighted by molar-refractivity contribution is 0.0955. The Kier molecular flexibility index (Phi) is 4.58. The first kappa shape index (κ1) is 15.4. The molecule has 0 bridgehead atoms. The summed E-state index contributed by atoms with van der Waals surface area (Å²) in [5.74, 6) is -0.194. The third-order valence-electron chi connectivity index (χ3n) is 3.13. The van der Waals surface area contributed by atoms with Gasteiger partial charge in [0.2, 0.25) is 0 Å². The molecular weight excluding hydrogens is 280 g/mol. The summed E-state index contributed by atoms with van der Waals surface area (Å²) in [5.41, 5.74) is 4.46. The molecule has 0 radical (unpaired) electrons. The highest BCUT2D eigenvalue weighted by Gasteiger charge is 2.14. The highest BCUT2D eigenvalue weighted by molar-refractivity contribution is 7.13. The maximum Gasteiger partial charge on any atom is 0.271 e. The number of nitrogens with zero attached hydrogens (tertiary/aromatic N) is 1. The lowest BCUT2D eigenvalue weighted by Gasteiger charge is -2.18. The maximum atomic E-state index is 12.0. The van der Waals surface area contributed by atoms with Gasteiger partial charge in [-0.3, -0.25) is 4.79 Å². The topological polar surface area (TPSA) is 41.5 Å². The van der Waals surface area contributed by atoms with Crippen LogP contribution in [-0.2, 0) is 5.41 Å². The van der Waals surface area contributed by atoms with Gasteiger partial charge in [0, 0.05) is 15.3 Å². The van der Waals surface area contributed by atoms with E-state index in [2.05, 4.69) is 31.3 Å². The van der Waals surface area contributed by atoms with Gasteiger partial charge in [0.25, 0.3) is 5.91 Å². The number of benzene rings is 1. The predicted octanol–water partition coefficient (Wildman–Crippen LogP) is 4.12. The molecule has 1 aromatic carbocycles. The van der Waals surface area contributed by atoms with Crippen LogP contribution < -0.4 is 5.43 Å². The minimum Gasteiger partial charge on any atom is -0.267 e. The van der Waals surface area contributed by atoms with E-state index in [4.69, 9.17) is 0 Å². The number of hydrogen-bond acceptors (Lipinski definition) is 3. The lowest BCUT2D eigenvalue weighted by Crippen LogP contribution is -2.18.